The lowest BCUT2D eigenvalue weighted by atomic mass is 10.0. The molecule has 2 rings (SSSR count). The van der Waals surface area contributed by atoms with Crippen LogP contribution in [0.2, 0.25) is 0 Å². The summed E-state index contributed by atoms with van der Waals surface area (Å²) in [5.41, 5.74) is 1.01. The van der Waals surface area contributed by atoms with Crippen LogP contribution in [-0.2, 0) is 10.0 Å². The molecule has 0 aromatic heterocycles. The van der Waals surface area contributed by atoms with Gasteiger partial charge in [-0.1, -0.05) is 26.0 Å². The molecule has 1 heterocycles. The highest BCUT2D eigenvalue weighted by Crippen LogP contribution is 2.23. The zero-order valence-electron chi connectivity index (χ0n) is 11.4. The summed E-state index contributed by atoms with van der Waals surface area (Å²) in [5, 5.41) is 9.63. The van der Waals surface area contributed by atoms with Crippen molar-refractivity contribution >= 4 is 10.0 Å². The third kappa shape index (κ3) is 3.16. The molecule has 0 saturated carbocycles. The molecule has 1 saturated heterocycles. The van der Waals surface area contributed by atoms with E-state index in [0.717, 1.165) is 5.56 Å². The Kier molecular flexibility index (Phi) is 4.28. The van der Waals surface area contributed by atoms with Crippen molar-refractivity contribution in [1.29, 1.82) is 0 Å². The predicted octanol–water partition coefficient (Wildman–Crippen LogP) is 1.96. The molecule has 0 unspecified atom stereocenters. The van der Waals surface area contributed by atoms with Crippen LogP contribution in [0.5, 0.6) is 0 Å². The van der Waals surface area contributed by atoms with Crippen molar-refractivity contribution in [3.05, 3.63) is 29.8 Å². The smallest absolute Gasteiger partial charge is 0.243 e. The molecule has 0 radical (unpaired) electrons. The molecular formula is C14H21NO3S. The molecule has 1 aromatic carbocycles. The second kappa shape index (κ2) is 5.61. The summed E-state index contributed by atoms with van der Waals surface area (Å²) >= 11 is 0. The molecule has 1 aromatic rings. The topological polar surface area (TPSA) is 57.6 Å². The summed E-state index contributed by atoms with van der Waals surface area (Å²) in [7, 11) is -3.48. The van der Waals surface area contributed by atoms with Gasteiger partial charge in [0.05, 0.1) is 11.0 Å². The maximum Gasteiger partial charge on any atom is 0.243 e. The van der Waals surface area contributed by atoms with Gasteiger partial charge in [-0.3, -0.25) is 0 Å². The Morgan fingerprint density at radius 2 is 2.11 bits per heavy atom. The van der Waals surface area contributed by atoms with Gasteiger partial charge in [0.1, 0.15) is 0 Å². The highest BCUT2D eigenvalue weighted by atomic mass is 32.2. The largest absolute Gasteiger partial charge is 0.392 e. The molecular weight excluding hydrogens is 262 g/mol. The molecule has 1 aliphatic rings. The first kappa shape index (κ1) is 14.5. The first-order valence-electron chi connectivity index (χ1n) is 6.69. The van der Waals surface area contributed by atoms with E-state index in [0.29, 0.717) is 30.2 Å². The molecule has 1 N–H and O–H groups in total. The van der Waals surface area contributed by atoms with E-state index in [1.54, 1.807) is 18.2 Å². The van der Waals surface area contributed by atoms with Crippen LogP contribution in [0.25, 0.3) is 0 Å². The Labute approximate surface area is 115 Å². The summed E-state index contributed by atoms with van der Waals surface area (Å²) in [6, 6.07) is 7.08. The molecule has 5 heteroatoms. The second-order valence-corrected chi connectivity index (χ2v) is 7.32. The number of hydrogen-bond acceptors (Lipinski definition) is 3. The molecule has 0 aliphatic carbocycles. The number of nitrogens with zero attached hydrogens (tertiary/aromatic N) is 1. The Balaban J connectivity index is 2.31. The molecule has 4 nitrogen and oxygen atoms in total. The van der Waals surface area contributed by atoms with Crippen molar-refractivity contribution < 1.29 is 13.5 Å². The lowest BCUT2D eigenvalue weighted by Gasteiger charge is -2.29. The molecule has 1 atom stereocenters. The first-order chi connectivity index (χ1) is 8.91. The van der Waals surface area contributed by atoms with Gasteiger partial charge in [-0.25, -0.2) is 8.42 Å². The van der Waals surface area contributed by atoms with E-state index < -0.39 is 16.1 Å². The number of aliphatic hydroxyl groups is 1. The third-order valence-corrected chi connectivity index (χ3v) is 5.38. The van der Waals surface area contributed by atoms with Gasteiger partial charge in [0.15, 0.2) is 0 Å². The Bertz CT molecular complexity index is 539. The number of β-amino-alcohol motifs (C(OH)–C–C–N with tert-alkyl or cyclic N) is 1. The monoisotopic (exact) mass is 283 g/mol. The number of aliphatic hydroxyl groups excluding tert-OH is 1. The van der Waals surface area contributed by atoms with Gasteiger partial charge in [0, 0.05) is 13.1 Å². The minimum atomic E-state index is -3.48. The number of piperidine rings is 1. The maximum atomic E-state index is 12.5. The van der Waals surface area contributed by atoms with Crippen LogP contribution < -0.4 is 0 Å². The zero-order valence-corrected chi connectivity index (χ0v) is 12.2. The first-order valence-corrected chi connectivity index (χ1v) is 8.13. The summed E-state index contributed by atoms with van der Waals surface area (Å²) < 4.78 is 26.4. The number of rotatable bonds is 3. The Morgan fingerprint density at radius 3 is 2.74 bits per heavy atom. The second-order valence-electron chi connectivity index (χ2n) is 5.39. The normalized spacial score (nSPS) is 21.8. The molecule has 0 spiro atoms. The molecule has 0 bridgehead atoms. The molecule has 0 amide bonds. The fourth-order valence-electron chi connectivity index (χ4n) is 2.32. The van der Waals surface area contributed by atoms with E-state index >= 15 is 0 Å². The van der Waals surface area contributed by atoms with E-state index in [1.807, 2.05) is 19.9 Å². The van der Waals surface area contributed by atoms with Crippen LogP contribution in [0.15, 0.2) is 29.2 Å². The Morgan fingerprint density at radius 1 is 1.37 bits per heavy atom. The molecule has 1 fully saturated rings. The van der Waals surface area contributed by atoms with Crippen LogP contribution in [0, 0.1) is 0 Å². The van der Waals surface area contributed by atoms with E-state index in [9.17, 15) is 13.5 Å². The molecule has 106 valence electrons. The zero-order chi connectivity index (χ0) is 14.0. The van der Waals surface area contributed by atoms with Crippen molar-refractivity contribution in [3.8, 4) is 0 Å². The van der Waals surface area contributed by atoms with Crippen molar-refractivity contribution in [2.75, 3.05) is 13.1 Å². The highest BCUT2D eigenvalue weighted by Gasteiger charge is 2.29. The van der Waals surface area contributed by atoms with E-state index in [1.165, 1.54) is 4.31 Å². The van der Waals surface area contributed by atoms with Crippen LogP contribution in [0.4, 0.5) is 0 Å². The predicted molar refractivity (Wildman–Crippen MR) is 74.5 cm³/mol. The van der Waals surface area contributed by atoms with Gasteiger partial charge in [-0.05, 0) is 36.5 Å². The highest BCUT2D eigenvalue weighted by molar-refractivity contribution is 7.89. The van der Waals surface area contributed by atoms with Gasteiger partial charge in [-0.15, -0.1) is 0 Å². The van der Waals surface area contributed by atoms with E-state index in [4.69, 9.17) is 0 Å². The average Bonchev–Trinajstić information content (AvgIpc) is 2.39. The summed E-state index contributed by atoms with van der Waals surface area (Å²) in [6.07, 6.45) is 0.847. The fourth-order valence-corrected chi connectivity index (χ4v) is 3.89. The van der Waals surface area contributed by atoms with E-state index in [2.05, 4.69) is 0 Å². The van der Waals surface area contributed by atoms with Crippen LogP contribution in [0.1, 0.15) is 38.2 Å². The van der Waals surface area contributed by atoms with Crippen molar-refractivity contribution in [2.24, 2.45) is 0 Å². The van der Waals surface area contributed by atoms with Gasteiger partial charge in [0.2, 0.25) is 10.0 Å². The Hall–Kier alpha value is -0.910. The SMILES string of the molecule is CC(C)c1cccc(S(=O)(=O)N2CCC[C@H](O)C2)c1. The summed E-state index contributed by atoms with van der Waals surface area (Å²) in [6.45, 7) is 4.77. The van der Waals surface area contributed by atoms with Crippen molar-refractivity contribution in [1.82, 2.24) is 4.31 Å². The molecule has 19 heavy (non-hydrogen) atoms. The third-order valence-electron chi connectivity index (χ3n) is 3.52. The molecule has 1 aliphatic heterocycles. The quantitative estimate of drug-likeness (QED) is 0.922. The standard InChI is InChI=1S/C14H21NO3S/c1-11(2)12-5-3-7-14(9-12)19(17,18)15-8-4-6-13(16)10-15/h3,5,7,9,11,13,16H,4,6,8,10H2,1-2H3/t13-/m0/s1. The van der Waals surface area contributed by atoms with Crippen LogP contribution >= 0.6 is 0 Å². The van der Waals surface area contributed by atoms with Crippen molar-refractivity contribution in [2.45, 2.75) is 43.6 Å². The number of hydrogen-bond donors (Lipinski definition) is 1. The number of sulfonamides is 1. The maximum absolute atomic E-state index is 12.5. The minimum Gasteiger partial charge on any atom is -0.392 e. The van der Waals surface area contributed by atoms with Gasteiger partial charge in [-0.2, -0.15) is 4.31 Å². The minimum absolute atomic E-state index is 0.203. The summed E-state index contributed by atoms with van der Waals surface area (Å²) in [4.78, 5) is 0.327. The lowest BCUT2D eigenvalue weighted by molar-refractivity contribution is 0.108. The van der Waals surface area contributed by atoms with Crippen molar-refractivity contribution in [3.63, 3.8) is 0 Å². The van der Waals surface area contributed by atoms with Gasteiger partial charge >= 0.3 is 0 Å². The van der Waals surface area contributed by atoms with E-state index in [-0.39, 0.29) is 6.54 Å². The van der Waals surface area contributed by atoms with Crippen LogP contribution in [-0.4, -0.2) is 37.0 Å². The number of benzene rings is 1. The van der Waals surface area contributed by atoms with Gasteiger partial charge < -0.3 is 5.11 Å². The lowest BCUT2D eigenvalue weighted by Crippen LogP contribution is -2.42. The fraction of sp³-hybridized carbons (Fsp3) is 0.571. The summed E-state index contributed by atoms with van der Waals surface area (Å²) in [5.74, 6) is 0.294. The van der Waals surface area contributed by atoms with Crippen LogP contribution in [0.3, 0.4) is 0 Å². The average molecular weight is 283 g/mol. The van der Waals surface area contributed by atoms with Gasteiger partial charge in [0.25, 0.3) is 0 Å².